The van der Waals surface area contributed by atoms with Crippen molar-refractivity contribution >= 4 is 23.1 Å². The average molecular weight is 476 g/mol. The monoisotopic (exact) mass is 475 g/mol. The summed E-state index contributed by atoms with van der Waals surface area (Å²) in [4.78, 5) is 27.8. The molecular formula is C28H29NO6. The fraction of sp³-hybridized carbons (Fsp3) is 0.286. The molecule has 0 saturated carbocycles. The number of furan rings is 1. The second-order valence-electron chi connectivity index (χ2n) is 8.99. The summed E-state index contributed by atoms with van der Waals surface area (Å²) in [7, 11) is 0. The minimum atomic E-state index is -0.922. The van der Waals surface area contributed by atoms with Crippen LogP contribution in [-0.2, 0) is 9.59 Å². The first-order valence-corrected chi connectivity index (χ1v) is 11.6. The number of aliphatic hydroxyl groups excluding tert-OH is 1. The van der Waals surface area contributed by atoms with Crippen LogP contribution < -0.4 is 14.4 Å². The lowest BCUT2D eigenvalue weighted by Crippen LogP contribution is -2.29. The minimum Gasteiger partial charge on any atom is -0.507 e. The first kappa shape index (κ1) is 24.1. The molecule has 1 saturated heterocycles. The van der Waals surface area contributed by atoms with Crippen molar-refractivity contribution in [3.63, 3.8) is 0 Å². The van der Waals surface area contributed by atoms with Gasteiger partial charge in [0, 0.05) is 11.3 Å². The van der Waals surface area contributed by atoms with Crippen molar-refractivity contribution < 1.29 is 28.6 Å². The molecule has 7 nitrogen and oxygen atoms in total. The smallest absolute Gasteiger partial charge is 0.300 e. The summed E-state index contributed by atoms with van der Waals surface area (Å²) in [6, 6.07) is 14.5. The predicted octanol–water partition coefficient (Wildman–Crippen LogP) is 5.79. The highest BCUT2D eigenvalue weighted by Crippen LogP contribution is 2.43. The van der Waals surface area contributed by atoms with Crippen molar-refractivity contribution in [1.29, 1.82) is 0 Å². The van der Waals surface area contributed by atoms with E-state index in [1.165, 1.54) is 11.2 Å². The zero-order chi connectivity index (χ0) is 25.3. The van der Waals surface area contributed by atoms with Gasteiger partial charge in [-0.05, 0) is 94.8 Å². The number of ketones is 1. The standard InChI is InChI=1S/C28H29NO6/c1-16(2)34-21-11-9-20(10-12-21)29-25(23-7-6-14-33-23)24(27(31)28(29)32)26(30)19-8-13-22(18(5)15-19)35-17(3)4/h6-17,25,30H,1-5H3/b26-24-. The van der Waals surface area contributed by atoms with Crippen LogP contribution in [0.3, 0.4) is 0 Å². The van der Waals surface area contributed by atoms with Crippen LogP contribution in [0.1, 0.15) is 50.6 Å². The van der Waals surface area contributed by atoms with E-state index in [1.54, 1.807) is 54.6 Å². The average Bonchev–Trinajstić information content (AvgIpc) is 3.42. The van der Waals surface area contributed by atoms with E-state index in [1.807, 2.05) is 34.6 Å². The molecule has 2 aromatic carbocycles. The number of Topliss-reactive ketones (excluding diaryl/α,β-unsaturated/α-hetero) is 1. The second-order valence-corrected chi connectivity index (χ2v) is 8.99. The third-order valence-corrected chi connectivity index (χ3v) is 5.55. The molecule has 35 heavy (non-hydrogen) atoms. The van der Waals surface area contributed by atoms with Crippen LogP contribution in [0.25, 0.3) is 5.76 Å². The van der Waals surface area contributed by atoms with Crippen molar-refractivity contribution in [3.05, 3.63) is 83.3 Å². The molecule has 0 radical (unpaired) electrons. The quantitative estimate of drug-likeness (QED) is 0.264. The molecule has 2 heterocycles. The van der Waals surface area contributed by atoms with Gasteiger partial charge in [0.15, 0.2) is 0 Å². The lowest BCUT2D eigenvalue weighted by molar-refractivity contribution is -0.132. The van der Waals surface area contributed by atoms with Crippen LogP contribution in [0.4, 0.5) is 5.69 Å². The Balaban J connectivity index is 1.80. The number of aliphatic hydroxyl groups is 1. The molecule has 0 aliphatic carbocycles. The highest BCUT2D eigenvalue weighted by atomic mass is 16.5. The van der Waals surface area contributed by atoms with Crippen LogP contribution in [0.2, 0.25) is 0 Å². The first-order valence-electron chi connectivity index (χ1n) is 11.6. The highest BCUT2D eigenvalue weighted by Gasteiger charge is 2.48. The fourth-order valence-electron chi connectivity index (χ4n) is 4.11. The number of rotatable bonds is 7. The molecule has 1 aromatic heterocycles. The Morgan fingerprint density at radius 3 is 2.23 bits per heavy atom. The number of hydrogen-bond donors (Lipinski definition) is 1. The summed E-state index contributed by atoms with van der Waals surface area (Å²) in [5.74, 6) is -0.109. The summed E-state index contributed by atoms with van der Waals surface area (Å²) in [6.07, 6.45) is 1.46. The molecule has 1 fully saturated rings. The van der Waals surface area contributed by atoms with Gasteiger partial charge in [-0.2, -0.15) is 0 Å². The third-order valence-electron chi connectivity index (χ3n) is 5.55. The Morgan fingerprint density at radius 2 is 1.66 bits per heavy atom. The van der Waals surface area contributed by atoms with Crippen molar-refractivity contribution in [1.82, 2.24) is 0 Å². The number of anilines is 1. The number of benzene rings is 2. The van der Waals surface area contributed by atoms with Gasteiger partial charge in [-0.15, -0.1) is 0 Å². The minimum absolute atomic E-state index is 0.000945. The van der Waals surface area contributed by atoms with Crippen molar-refractivity contribution in [2.24, 2.45) is 0 Å². The van der Waals surface area contributed by atoms with Gasteiger partial charge in [0.2, 0.25) is 0 Å². The maximum Gasteiger partial charge on any atom is 0.300 e. The van der Waals surface area contributed by atoms with Gasteiger partial charge in [0.1, 0.15) is 29.1 Å². The van der Waals surface area contributed by atoms with E-state index in [-0.39, 0.29) is 23.5 Å². The Labute approximate surface area is 204 Å². The van der Waals surface area contributed by atoms with Crippen LogP contribution in [0.5, 0.6) is 11.5 Å². The summed E-state index contributed by atoms with van der Waals surface area (Å²) in [5.41, 5.74) is 1.66. The van der Waals surface area contributed by atoms with Crippen molar-refractivity contribution in [2.75, 3.05) is 4.90 Å². The summed E-state index contributed by atoms with van der Waals surface area (Å²) < 4.78 is 17.1. The molecule has 1 aliphatic heterocycles. The number of amides is 1. The molecule has 4 rings (SSSR count). The molecule has 0 spiro atoms. The van der Waals surface area contributed by atoms with Gasteiger partial charge in [0.05, 0.1) is 24.0 Å². The molecule has 1 atom stereocenters. The fourth-order valence-corrected chi connectivity index (χ4v) is 4.11. The van der Waals surface area contributed by atoms with E-state index in [9.17, 15) is 14.7 Å². The van der Waals surface area contributed by atoms with E-state index >= 15 is 0 Å². The molecule has 1 aliphatic rings. The number of carbonyl (C=O) groups excluding carboxylic acids is 2. The van der Waals surface area contributed by atoms with Crippen LogP contribution in [0, 0.1) is 6.92 Å². The first-order chi connectivity index (χ1) is 16.7. The van der Waals surface area contributed by atoms with E-state index in [0.717, 1.165) is 5.56 Å². The van der Waals surface area contributed by atoms with Crippen LogP contribution in [-0.4, -0.2) is 29.0 Å². The third kappa shape index (κ3) is 4.80. The number of ether oxygens (including phenoxy) is 2. The highest BCUT2D eigenvalue weighted by molar-refractivity contribution is 6.51. The van der Waals surface area contributed by atoms with E-state index in [0.29, 0.717) is 28.5 Å². The van der Waals surface area contributed by atoms with Gasteiger partial charge in [-0.1, -0.05) is 0 Å². The Hall–Kier alpha value is -4.00. The molecule has 7 heteroatoms. The lowest BCUT2D eigenvalue weighted by atomic mass is 9.98. The largest absolute Gasteiger partial charge is 0.507 e. The summed E-state index contributed by atoms with van der Waals surface area (Å²) in [6.45, 7) is 9.57. The molecular weight excluding hydrogens is 446 g/mol. The summed E-state index contributed by atoms with van der Waals surface area (Å²) >= 11 is 0. The number of hydrogen-bond acceptors (Lipinski definition) is 6. The SMILES string of the molecule is Cc1cc(/C(O)=C2/C(=O)C(=O)N(c3ccc(OC(C)C)cc3)C2c2ccco2)ccc1OC(C)C. The molecule has 3 aromatic rings. The van der Waals surface area contributed by atoms with E-state index < -0.39 is 17.7 Å². The molecule has 0 bridgehead atoms. The van der Waals surface area contributed by atoms with Gasteiger partial charge < -0.3 is 19.0 Å². The Kier molecular flexibility index (Phi) is 6.69. The molecule has 182 valence electrons. The molecule has 1 unspecified atom stereocenters. The maximum absolute atomic E-state index is 13.2. The van der Waals surface area contributed by atoms with E-state index in [4.69, 9.17) is 13.9 Å². The topological polar surface area (TPSA) is 89.2 Å². The van der Waals surface area contributed by atoms with Crippen LogP contribution in [0.15, 0.2) is 70.9 Å². The number of carbonyl (C=O) groups is 2. The lowest BCUT2D eigenvalue weighted by Gasteiger charge is -2.23. The van der Waals surface area contributed by atoms with Gasteiger partial charge in [-0.25, -0.2) is 0 Å². The normalized spacial score (nSPS) is 17.5. The van der Waals surface area contributed by atoms with Crippen LogP contribution >= 0.6 is 0 Å². The molecule has 1 amide bonds. The zero-order valence-electron chi connectivity index (χ0n) is 20.4. The maximum atomic E-state index is 13.2. The Morgan fingerprint density at radius 1 is 0.971 bits per heavy atom. The summed E-state index contributed by atoms with van der Waals surface area (Å²) in [5, 5.41) is 11.3. The molecule has 1 N–H and O–H groups in total. The van der Waals surface area contributed by atoms with Crippen molar-refractivity contribution in [2.45, 2.75) is 52.9 Å². The van der Waals surface area contributed by atoms with Gasteiger partial charge in [0.25, 0.3) is 11.7 Å². The number of aryl methyl sites for hydroxylation is 1. The van der Waals surface area contributed by atoms with Gasteiger partial charge >= 0.3 is 0 Å². The predicted molar refractivity (Wildman–Crippen MR) is 133 cm³/mol. The van der Waals surface area contributed by atoms with Gasteiger partial charge in [-0.3, -0.25) is 14.5 Å². The second kappa shape index (κ2) is 9.70. The van der Waals surface area contributed by atoms with Crippen molar-refractivity contribution in [3.8, 4) is 11.5 Å². The Bertz CT molecular complexity index is 1260. The van der Waals surface area contributed by atoms with E-state index in [2.05, 4.69) is 0 Å². The zero-order valence-corrected chi connectivity index (χ0v) is 20.4. The number of nitrogens with zero attached hydrogens (tertiary/aromatic N) is 1.